The van der Waals surface area contributed by atoms with Crippen molar-refractivity contribution in [3.8, 4) is 0 Å². The normalized spacial score (nSPS) is 25.4. The molecule has 0 aromatic carbocycles. The van der Waals surface area contributed by atoms with Crippen LogP contribution in [0.1, 0.15) is 32.4 Å². The van der Waals surface area contributed by atoms with Crippen molar-refractivity contribution < 1.29 is 0 Å². The van der Waals surface area contributed by atoms with Crippen molar-refractivity contribution in [3.63, 3.8) is 0 Å². The molecular formula is C12H20N4. The Labute approximate surface area is 96.9 Å². The van der Waals surface area contributed by atoms with Gasteiger partial charge in [-0.1, -0.05) is 20.8 Å². The van der Waals surface area contributed by atoms with E-state index in [1.807, 2.05) is 0 Å². The highest BCUT2D eigenvalue weighted by molar-refractivity contribution is 5.41. The van der Waals surface area contributed by atoms with E-state index in [1.165, 1.54) is 0 Å². The Bertz CT molecular complexity index is 354. The lowest BCUT2D eigenvalue weighted by atomic mass is 10.1. The lowest BCUT2D eigenvalue weighted by molar-refractivity contribution is 0.566. The van der Waals surface area contributed by atoms with Crippen LogP contribution >= 0.6 is 0 Å². The van der Waals surface area contributed by atoms with Gasteiger partial charge in [-0.05, 0) is 11.8 Å². The molecule has 4 heteroatoms. The standard InChI is InChI=1S/C12H20N4/c1-8(2)11-4-12(15-7-14-11)16-5-9(3)10(13)6-16/h4,7-10H,5-6,13H2,1-3H3. The zero-order valence-electron chi connectivity index (χ0n) is 10.2. The average molecular weight is 220 g/mol. The van der Waals surface area contributed by atoms with Gasteiger partial charge >= 0.3 is 0 Å². The van der Waals surface area contributed by atoms with E-state index in [0.717, 1.165) is 24.6 Å². The van der Waals surface area contributed by atoms with Gasteiger partial charge in [0, 0.05) is 30.9 Å². The van der Waals surface area contributed by atoms with Crippen LogP contribution in [0, 0.1) is 5.92 Å². The first-order valence-electron chi connectivity index (χ1n) is 5.90. The summed E-state index contributed by atoms with van der Waals surface area (Å²) < 4.78 is 0. The van der Waals surface area contributed by atoms with Crippen molar-refractivity contribution in [2.24, 2.45) is 11.7 Å². The number of anilines is 1. The molecule has 0 radical (unpaired) electrons. The van der Waals surface area contributed by atoms with Crippen LogP contribution in [0.15, 0.2) is 12.4 Å². The molecule has 2 heterocycles. The minimum atomic E-state index is 0.262. The molecule has 1 aliphatic rings. The van der Waals surface area contributed by atoms with Gasteiger partial charge in [0.2, 0.25) is 0 Å². The quantitative estimate of drug-likeness (QED) is 0.818. The molecule has 1 aromatic heterocycles. The summed E-state index contributed by atoms with van der Waals surface area (Å²) in [5.74, 6) is 1.99. The number of nitrogens with two attached hydrogens (primary N) is 1. The summed E-state index contributed by atoms with van der Waals surface area (Å²) >= 11 is 0. The van der Waals surface area contributed by atoms with Gasteiger partial charge in [0.25, 0.3) is 0 Å². The van der Waals surface area contributed by atoms with Crippen molar-refractivity contribution in [1.29, 1.82) is 0 Å². The van der Waals surface area contributed by atoms with E-state index >= 15 is 0 Å². The Morgan fingerprint density at radius 1 is 1.38 bits per heavy atom. The summed E-state index contributed by atoms with van der Waals surface area (Å²) in [6.07, 6.45) is 1.65. The molecule has 0 aliphatic carbocycles. The maximum absolute atomic E-state index is 6.02. The topological polar surface area (TPSA) is 55.0 Å². The molecule has 2 rings (SSSR count). The van der Waals surface area contributed by atoms with E-state index in [-0.39, 0.29) is 6.04 Å². The minimum Gasteiger partial charge on any atom is -0.355 e. The van der Waals surface area contributed by atoms with E-state index in [2.05, 4.69) is 41.7 Å². The highest BCUT2D eigenvalue weighted by Crippen LogP contribution is 2.22. The molecule has 0 saturated carbocycles. The van der Waals surface area contributed by atoms with E-state index < -0.39 is 0 Å². The van der Waals surface area contributed by atoms with Crippen LogP contribution in [-0.2, 0) is 0 Å². The van der Waals surface area contributed by atoms with Crippen molar-refractivity contribution in [2.45, 2.75) is 32.7 Å². The highest BCUT2D eigenvalue weighted by Gasteiger charge is 2.27. The number of rotatable bonds is 2. The molecule has 1 aromatic rings. The van der Waals surface area contributed by atoms with Crippen molar-refractivity contribution in [3.05, 3.63) is 18.1 Å². The Morgan fingerprint density at radius 3 is 2.69 bits per heavy atom. The second kappa shape index (κ2) is 4.37. The molecule has 1 aliphatic heterocycles. The molecule has 0 spiro atoms. The lowest BCUT2D eigenvalue weighted by Crippen LogP contribution is -2.28. The fraction of sp³-hybridized carbons (Fsp3) is 0.667. The Hall–Kier alpha value is -1.16. The number of hydrogen-bond donors (Lipinski definition) is 1. The highest BCUT2D eigenvalue weighted by atomic mass is 15.2. The summed E-state index contributed by atoms with van der Waals surface area (Å²) in [7, 11) is 0. The van der Waals surface area contributed by atoms with Gasteiger partial charge in [-0.3, -0.25) is 0 Å². The molecule has 2 N–H and O–H groups in total. The first-order valence-corrected chi connectivity index (χ1v) is 5.90. The van der Waals surface area contributed by atoms with E-state index in [4.69, 9.17) is 5.73 Å². The summed E-state index contributed by atoms with van der Waals surface area (Å²) in [4.78, 5) is 10.9. The SMILES string of the molecule is CC(C)c1cc(N2CC(C)C(N)C2)ncn1. The van der Waals surface area contributed by atoms with Crippen LogP contribution in [0.4, 0.5) is 5.82 Å². The lowest BCUT2D eigenvalue weighted by Gasteiger charge is -2.17. The third-order valence-electron chi connectivity index (χ3n) is 3.26. The maximum Gasteiger partial charge on any atom is 0.132 e. The van der Waals surface area contributed by atoms with E-state index in [1.54, 1.807) is 6.33 Å². The number of nitrogens with zero attached hydrogens (tertiary/aromatic N) is 3. The molecular weight excluding hydrogens is 200 g/mol. The minimum absolute atomic E-state index is 0.262. The molecule has 1 saturated heterocycles. The molecule has 4 nitrogen and oxygen atoms in total. The Balaban J connectivity index is 2.18. The molecule has 16 heavy (non-hydrogen) atoms. The van der Waals surface area contributed by atoms with Gasteiger partial charge in [-0.25, -0.2) is 9.97 Å². The van der Waals surface area contributed by atoms with Crippen LogP contribution in [0.25, 0.3) is 0 Å². The monoisotopic (exact) mass is 220 g/mol. The first kappa shape index (κ1) is 11.3. The predicted molar refractivity (Wildman–Crippen MR) is 65.5 cm³/mol. The van der Waals surface area contributed by atoms with Crippen LogP contribution in [0.5, 0.6) is 0 Å². The number of aromatic nitrogens is 2. The van der Waals surface area contributed by atoms with Gasteiger partial charge in [-0.15, -0.1) is 0 Å². The van der Waals surface area contributed by atoms with Crippen molar-refractivity contribution in [1.82, 2.24) is 9.97 Å². The van der Waals surface area contributed by atoms with Gasteiger partial charge in [0.05, 0.1) is 0 Å². The van der Waals surface area contributed by atoms with Gasteiger partial charge in [0.1, 0.15) is 12.1 Å². The van der Waals surface area contributed by atoms with Crippen LogP contribution in [0.2, 0.25) is 0 Å². The van der Waals surface area contributed by atoms with Crippen LogP contribution < -0.4 is 10.6 Å². The van der Waals surface area contributed by atoms with Crippen molar-refractivity contribution >= 4 is 5.82 Å². The Morgan fingerprint density at radius 2 is 2.12 bits per heavy atom. The third kappa shape index (κ3) is 2.16. The summed E-state index contributed by atoms with van der Waals surface area (Å²) in [5.41, 5.74) is 7.11. The maximum atomic E-state index is 6.02. The number of hydrogen-bond acceptors (Lipinski definition) is 4. The summed E-state index contributed by atoms with van der Waals surface area (Å²) in [6.45, 7) is 8.37. The smallest absolute Gasteiger partial charge is 0.132 e. The second-order valence-corrected chi connectivity index (χ2v) is 5.00. The molecule has 0 bridgehead atoms. The zero-order valence-corrected chi connectivity index (χ0v) is 10.2. The fourth-order valence-corrected chi connectivity index (χ4v) is 2.03. The summed E-state index contributed by atoms with van der Waals surface area (Å²) in [6, 6.07) is 2.34. The van der Waals surface area contributed by atoms with Gasteiger partial charge in [-0.2, -0.15) is 0 Å². The summed E-state index contributed by atoms with van der Waals surface area (Å²) in [5, 5.41) is 0. The molecule has 2 atom stereocenters. The second-order valence-electron chi connectivity index (χ2n) is 5.00. The zero-order chi connectivity index (χ0) is 11.7. The third-order valence-corrected chi connectivity index (χ3v) is 3.26. The Kier molecular flexibility index (Phi) is 3.10. The average Bonchev–Trinajstić information content (AvgIpc) is 2.59. The van der Waals surface area contributed by atoms with Crippen LogP contribution in [0.3, 0.4) is 0 Å². The van der Waals surface area contributed by atoms with Crippen LogP contribution in [-0.4, -0.2) is 29.1 Å². The molecule has 1 fully saturated rings. The largest absolute Gasteiger partial charge is 0.355 e. The fourth-order valence-electron chi connectivity index (χ4n) is 2.03. The van der Waals surface area contributed by atoms with Crippen molar-refractivity contribution in [2.75, 3.05) is 18.0 Å². The van der Waals surface area contributed by atoms with Gasteiger partial charge < -0.3 is 10.6 Å². The first-order chi connectivity index (χ1) is 7.58. The van der Waals surface area contributed by atoms with Gasteiger partial charge in [0.15, 0.2) is 0 Å². The van der Waals surface area contributed by atoms with E-state index in [0.29, 0.717) is 11.8 Å². The van der Waals surface area contributed by atoms with E-state index in [9.17, 15) is 0 Å². The molecule has 88 valence electrons. The molecule has 0 amide bonds. The molecule has 2 unspecified atom stereocenters. The predicted octanol–water partition coefficient (Wildman–Crippen LogP) is 1.38.